The van der Waals surface area contributed by atoms with Crippen molar-refractivity contribution in [1.82, 2.24) is 10.2 Å². The van der Waals surface area contributed by atoms with Crippen molar-refractivity contribution >= 4 is 39.1 Å². The van der Waals surface area contributed by atoms with Crippen molar-refractivity contribution in [1.29, 1.82) is 0 Å². The summed E-state index contributed by atoms with van der Waals surface area (Å²) in [4.78, 5) is 28.9. The first-order valence-corrected chi connectivity index (χ1v) is 16.0. The van der Waals surface area contributed by atoms with Crippen LogP contribution in [0.25, 0.3) is 0 Å². The molecule has 1 aliphatic carbocycles. The van der Waals surface area contributed by atoms with E-state index >= 15 is 0 Å². The largest absolute Gasteiger partial charge is 0.493 e. The van der Waals surface area contributed by atoms with Crippen LogP contribution in [-0.2, 0) is 26.2 Å². The summed E-state index contributed by atoms with van der Waals surface area (Å²) >= 11 is 6.08. The molecular weight excluding hydrogens is 590 g/mol. The summed E-state index contributed by atoms with van der Waals surface area (Å²) in [6.45, 7) is 3.05. The minimum atomic E-state index is -4.22. The van der Waals surface area contributed by atoms with E-state index in [4.69, 9.17) is 21.1 Å². The highest BCUT2D eigenvalue weighted by Gasteiger charge is 2.33. The van der Waals surface area contributed by atoms with E-state index in [0.29, 0.717) is 16.5 Å². The molecule has 0 aromatic heterocycles. The lowest BCUT2D eigenvalue weighted by Gasteiger charge is -2.32. The van der Waals surface area contributed by atoms with Crippen molar-refractivity contribution in [3.05, 3.63) is 82.9 Å². The van der Waals surface area contributed by atoms with Crippen molar-refractivity contribution < 1.29 is 27.5 Å². The Labute approximate surface area is 258 Å². The van der Waals surface area contributed by atoms with E-state index in [1.54, 1.807) is 55.5 Å². The van der Waals surface area contributed by atoms with Crippen LogP contribution in [0.5, 0.6) is 11.5 Å². The molecule has 4 rings (SSSR count). The zero-order chi connectivity index (χ0) is 31.1. The number of nitrogens with one attached hydrogen (secondary N) is 1. The maximum absolute atomic E-state index is 14.1. The summed E-state index contributed by atoms with van der Waals surface area (Å²) in [5.41, 5.74) is 1.85. The predicted molar refractivity (Wildman–Crippen MR) is 167 cm³/mol. The quantitative estimate of drug-likeness (QED) is 0.291. The average Bonchev–Trinajstić information content (AvgIpc) is 3.52. The van der Waals surface area contributed by atoms with Crippen molar-refractivity contribution in [3.8, 4) is 11.5 Å². The Morgan fingerprint density at radius 2 is 1.58 bits per heavy atom. The third-order valence-electron chi connectivity index (χ3n) is 7.68. The van der Waals surface area contributed by atoms with Gasteiger partial charge in [-0.1, -0.05) is 54.3 Å². The van der Waals surface area contributed by atoms with Gasteiger partial charge in [0.05, 0.1) is 24.8 Å². The van der Waals surface area contributed by atoms with Gasteiger partial charge in [0.1, 0.15) is 12.6 Å². The number of carbonyl (C=O) groups is 2. The lowest BCUT2D eigenvalue weighted by Crippen LogP contribution is -2.52. The SMILES string of the molecule is COc1ccc(N(CC(=O)N(Cc2ccc(Cl)cc2)[C@H](C)C(=O)NC2CCCC2)S(=O)(=O)c2ccc(C)cc2)cc1OC. The van der Waals surface area contributed by atoms with Crippen LogP contribution in [0.4, 0.5) is 5.69 Å². The van der Waals surface area contributed by atoms with Crippen LogP contribution < -0.4 is 19.1 Å². The van der Waals surface area contributed by atoms with Crippen LogP contribution in [-0.4, -0.2) is 58.0 Å². The smallest absolute Gasteiger partial charge is 0.264 e. The van der Waals surface area contributed by atoms with Gasteiger partial charge in [-0.15, -0.1) is 0 Å². The third-order valence-corrected chi connectivity index (χ3v) is 9.72. The van der Waals surface area contributed by atoms with Crippen LogP contribution in [0.15, 0.2) is 71.6 Å². The Bertz CT molecular complexity index is 1520. The Kier molecular flexibility index (Phi) is 10.6. The second-order valence-corrected chi connectivity index (χ2v) is 13.0. The molecule has 0 unspecified atom stereocenters. The second-order valence-electron chi connectivity index (χ2n) is 10.7. The molecule has 1 saturated carbocycles. The first-order chi connectivity index (χ1) is 20.5. The molecule has 0 aliphatic heterocycles. The highest BCUT2D eigenvalue weighted by molar-refractivity contribution is 7.92. The molecule has 2 amide bonds. The van der Waals surface area contributed by atoms with Crippen molar-refractivity contribution in [3.63, 3.8) is 0 Å². The molecule has 0 radical (unpaired) electrons. The fourth-order valence-electron chi connectivity index (χ4n) is 5.11. The standard InChI is InChI=1S/C32H38ClN3O6S/c1-22-9-16-28(17-10-22)43(39,40)36(27-15-18-29(41-3)30(19-27)42-4)21-31(37)35(20-24-11-13-25(33)14-12-24)23(2)32(38)34-26-7-5-6-8-26/h9-19,23,26H,5-8,20-21H2,1-4H3,(H,34,38)/t23-/m1/s1. The molecule has 0 bridgehead atoms. The van der Waals surface area contributed by atoms with Gasteiger partial charge < -0.3 is 19.7 Å². The first-order valence-electron chi connectivity index (χ1n) is 14.2. The highest BCUT2D eigenvalue weighted by atomic mass is 35.5. The number of ether oxygens (including phenoxy) is 2. The van der Waals surface area contributed by atoms with Gasteiger partial charge in [-0.3, -0.25) is 13.9 Å². The van der Waals surface area contributed by atoms with Crippen molar-refractivity contribution in [2.45, 2.75) is 63.1 Å². The van der Waals surface area contributed by atoms with Crippen molar-refractivity contribution in [2.24, 2.45) is 0 Å². The van der Waals surface area contributed by atoms with Gasteiger partial charge in [-0.05, 0) is 68.7 Å². The number of benzene rings is 3. The number of carbonyl (C=O) groups excluding carboxylic acids is 2. The van der Waals surface area contributed by atoms with E-state index in [1.807, 2.05) is 6.92 Å². The summed E-state index contributed by atoms with van der Waals surface area (Å²) < 4.78 is 40.0. The van der Waals surface area contributed by atoms with Gasteiger partial charge in [0, 0.05) is 23.7 Å². The highest BCUT2D eigenvalue weighted by Crippen LogP contribution is 2.34. The third kappa shape index (κ3) is 7.80. The number of nitrogens with zero attached hydrogens (tertiary/aromatic N) is 2. The molecule has 1 N–H and O–H groups in total. The monoisotopic (exact) mass is 627 g/mol. The van der Waals surface area contributed by atoms with Crippen LogP contribution >= 0.6 is 11.6 Å². The van der Waals surface area contributed by atoms with E-state index in [9.17, 15) is 18.0 Å². The molecule has 0 saturated heterocycles. The molecule has 230 valence electrons. The van der Waals surface area contributed by atoms with Gasteiger partial charge in [-0.2, -0.15) is 0 Å². The molecule has 11 heteroatoms. The summed E-state index contributed by atoms with van der Waals surface area (Å²) in [5.74, 6) is -0.117. The fourth-order valence-corrected chi connectivity index (χ4v) is 6.64. The average molecular weight is 628 g/mol. The molecule has 3 aromatic rings. The number of halogens is 1. The molecule has 1 atom stereocenters. The molecule has 3 aromatic carbocycles. The number of hydrogen-bond acceptors (Lipinski definition) is 6. The number of aryl methyl sites for hydroxylation is 1. The van der Waals surface area contributed by atoms with Gasteiger partial charge >= 0.3 is 0 Å². The van der Waals surface area contributed by atoms with Crippen LogP contribution in [0, 0.1) is 6.92 Å². The number of methoxy groups -OCH3 is 2. The Balaban J connectivity index is 1.72. The van der Waals surface area contributed by atoms with E-state index in [-0.39, 0.29) is 29.1 Å². The number of amides is 2. The summed E-state index contributed by atoms with van der Waals surface area (Å²) in [6, 6.07) is 17.2. The van der Waals surface area contributed by atoms with Gasteiger partial charge in [0.15, 0.2) is 11.5 Å². The normalized spacial score (nSPS) is 14.2. The number of sulfonamides is 1. The number of anilines is 1. The zero-order valence-corrected chi connectivity index (χ0v) is 26.5. The Hall–Kier alpha value is -3.76. The summed E-state index contributed by atoms with van der Waals surface area (Å²) in [5, 5.41) is 3.61. The minimum Gasteiger partial charge on any atom is -0.493 e. The molecular formula is C32H38ClN3O6S. The summed E-state index contributed by atoms with van der Waals surface area (Å²) in [6.07, 6.45) is 3.88. The predicted octanol–water partition coefficient (Wildman–Crippen LogP) is 5.34. The van der Waals surface area contributed by atoms with Gasteiger partial charge in [0.2, 0.25) is 11.8 Å². The topological polar surface area (TPSA) is 105 Å². The number of rotatable bonds is 12. The fraction of sp³-hybridized carbons (Fsp3) is 0.375. The lowest BCUT2D eigenvalue weighted by atomic mass is 10.1. The lowest BCUT2D eigenvalue weighted by molar-refractivity contribution is -0.139. The van der Waals surface area contributed by atoms with Crippen LogP contribution in [0.1, 0.15) is 43.7 Å². The van der Waals surface area contributed by atoms with E-state index in [0.717, 1.165) is 41.1 Å². The van der Waals surface area contributed by atoms with Crippen LogP contribution in [0.2, 0.25) is 5.02 Å². The molecule has 0 heterocycles. The molecule has 43 heavy (non-hydrogen) atoms. The van der Waals surface area contributed by atoms with Crippen molar-refractivity contribution in [2.75, 3.05) is 25.1 Å². The molecule has 0 spiro atoms. The first kappa shape index (κ1) is 32.2. The maximum Gasteiger partial charge on any atom is 0.264 e. The van der Waals surface area contributed by atoms with E-state index in [2.05, 4.69) is 5.32 Å². The Morgan fingerprint density at radius 1 is 0.953 bits per heavy atom. The van der Waals surface area contributed by atoms with Gasteiger partial charge in [-0.25, -0.2) is 8.42 Å². The van der Waals surface area contributed by atoms with E-state index in [1.165, 1.54) is 37.3 Å². The molecule has 1 aliphatic rings. The summed E-state index contributed by atoms with van der Waals surface area (Å²) in [7, 11) is -1.29. The molecule has 1 fully saturated rings. The zero-order valence-electron chi connectivity index (χ0n) is 24.9. The minimum absolute atomic E-state index is 0.0250. The maximum atomic E-state index is 14.1. The van der Waals surface area contributed by atoms with Crippen LogP contribution in [0.3, 0.4) is 0 Å². The molecule has 9 nitrogen and oxygen atoms in total. The number of hydrogen-bond donors (Lipinski definition) is 1. The Morgan fingerprint density at radius 3 is 2.19 bits per heavy atom. The van der Waals surface area contributed by atoms with Gasteiger partial charge in [0.25, 0.3) is 10.0 Å². The van der Waals surface area contributed by atoms with E-state index < -0.39 is 28.5 Å². The second kappa shape index (κ2) is 14.1.